The van der Waals surface area contributed by atoms with Crippen LogP contribution in [0, 0.1) is 5.82 Å². The quantitative estimate of drug-likeness (QED) is 0.459. The van der Waals surface area contributed by atoms with E-state index in [4.69, 9.17) is 0 Å². The highest BCUT2D eigenvalue weighted by Crippen LogP contribution is 2.46. The van der Waals surface area contributed by atoms with Gasteiger partial charge in [0.05, 0.1) is 5.92 Å². The third-order valence-electron chi connectivity index (χ3n) is 6.06. The molecule has 0 saturated carbocycles. The number of aromatic hydroxyl groups is 1. The Kier molecular flexibility index (Phi) is 6.93. The van der Waals surface area contributed by atoms with Gasteiger partial charge >= 0.3 is 0 Å². The van der Waals surface area contributed by atoms with Crippen LogP contribution in [0.25, 0.3) is 11.1 Å². The van der Waals surface area contributed by atoms with Crippen LogP contribution in [0.4, 0.5) is 4.39 Å². The third kappa shape index (κ3) is 4.79. The van der Waals surface area contributed by atoms with Crippen molar-refractivity contribution in [3.8, 4) is 17.0 Å². The lowest BCUT2D eigenvalue weighted by Gasteiger charge is -2.38. The Bertz CT molecular complexity index is 1300. The summed E-state index contributed by atoms with van der Waals surface area (Å²) in [5, 5.41) is 23.2. The normalized spacial score (nSPS) is 15.3. The highest BCUT2D eigenvalue weighted by atomic mass is 19.1. The molecule has 2 unspecified atom stereocenters. The van der Waals surface area contributed by atoms with E-state index < -0.39 is 17.3 Å². The zero-order chi connectivity index (χ0) is 24.1. The largest absolute Gasteiger partial charge is 0.493 e. The van der Waals surface area contributed by atoms with Gasteiger partial charge in [-0.15, -0.1) is 0 Å². The number of rotatable bonds is 8. The minimum absolute atomic E-state index is 0.254. The molecule has 2 aromatic carbocycles. The summed E-state index contributed by atoms with van der Waals surface area (Å²) in [6, 6.07) is 17.7. The first-order chi connectivity index (χ1) is 16.4. The molecule has 5 heteroatoms. The van der Waals surface area contributed by atoms with E-state index in [2.05, 4.69) is 16.4 Å². The SMILES string of the molecule is CN(C)CCC(O)(C1=C=C=CC=C1)C(c1ccccc1F)c1cc(-c2ccccc2)cnc1O. The minimum Gasteiger partial charge on any atom is -0.493 e. The number of pyridine rings is 1. The number of hydrogen-bond acceptors (Lipinski definition) is 4. The fourth-order valence-electron chi connectivity index (χ4n) is 4.30. The Hall–Kier alpha value is -3.72. The Morgan fingerprint density at radius 3 is 2.44 bits per heavy atom. The van der Waals surface area contributed by atoms with E-state index in [1.807, 2.05) is 49.3 Å². The molecule has 172 valence electrons. The maximum atomic E-state index is 15.3. The summed E-state index contributed by atoms with van der Waals surface area (Å²) in [4.78, 5) is 6.18. The van der Waals surface area contributed by atoms with E-state index in [9.17, 15) is 10.2 Å². The zero-order valence-electron chi connectivity index (χ0n) is 19.2. The summed E-state index contributed by atoms with van der Waals surface area (Å²) in [5.74, 6) is -1.67. The molecule has 0 spiro atoms. The Morgan fingerprint density at radius 2 is 1.76 bits per heavy atom. The van der Waals surface area contributed by atoms with Gasteiger partial charge in [-0.05, 0) is 55.9 Å². The molecule has 0 saturated heterocycles. The fourth-order valence-corrected chi connectivity index (χ4v) is 4.30. The van der Waals surface area contributed by atoms with E-state index in [-0.39, 0.29) is 17.9 Å². The molecule has 2 N–H and O–H groups in total. The van der Waals surface area contributed by atoms with Crippen molar-refractivity contribution in [1.29, 1.82) is 0 Å². The topological polar surface area (TPSA) is 56.6 Å². The molecule has 3 aromatic rings. The van der Waals surface area contributed by atoms with E-state index in [0.717, 1.165) is 11.1 Å². The zero-order valence-corrected chi connectivity index (χ0v) is 19.2. The van der Waals surface area contributed by atoms with E-state index in [1.54, 1.807) is 48.7 Å². The average Bonchev–Trinajstić information content (AvgIpc) is 2.86. The van der Waals surface area contributed by atoms with Crippen LogP contribution in [-0.2, 0) is 0 Å². The number of halogens is 1. The second kappa shape index (κ2) is 10.0. The molecule has 1 aliphatic rings. The van der Waals surface area contributed by atoms with E-state index in [0.29, 0.717) is 17.7 Å². The van der Waals surface area contributed by atoms with Crippen molar-refractivity contribution < 1.29 is 14.6 Å². The first kappa shape index (κ1) is 23.4. The van der Waals surface area contributed by atoms with Crippen molar-refractivity contribution >= 4 is 0 Å². The van der Waals surface area contributed by atoms with Gasteiger partial charge in [0, 0.05) is 29.4 Å². The maximum Gasteiger partial charge on any atom is 0.214 e. The molecule has 1 aromatic heterocycles. The molecule has 1 heterocycles. The van der Waals surface area contributed by atoms with Crippen molar-refractivity contribution in [2.75, 3.05) is 20.6 Å². The molecule has 0 fully saturated rings. The second-order valence-corrected chi connectivity index (χ2v) is 8.64. The van der Waals surface area contributed by atoms with Crippen molar-refractivity contribution in [2.24, 2.45) is 0 Å². The molecule has 0 bridgehead atoms. The molecule has 2 atom stereocenters. The van der Waals surface area contributed by atoms with Crippen LogP contribution < -0.4 is 0 Å². The van der Waals surface area contributed by atoms with Gasteiger partial charge in [0.25, 0.3) is 0 Å². The van der Waals surface area contributed by atoms with Crippen molar-refractivity contribution in [3.05, 3.63) is 119 Å². The number of hydrogen-bond donors (Lipinski definition) is 2. The molecule has 0 aliphatic heterocycles. The third-order valence-corrected chi connectivity index (χ3v) is 6.06. The number of aromatic nitrogens is 1. The van der Waals surface area contributed by atoms with Crippen LogP contribution in [0.5, 0.6) is 5.88 Å². The Labute approximate surface area is 199 Å². The van der Waals surface area contributed by atoms with Crippen LogP contribution in [0.1, 0.15) is 23.5 Å². The van der Waals surface area contributed by atoms with Gasteiger partial charge in [0.2, 0.25) is 5.88 Å². The van der Waals surface area contributed by atoms with Gasteiger partial charge in [-0.25, -0.2) is 9.37 Å². The van der Waals surface area contributed by atoms with Crippen LogP contribution in [-0.4, -0.2) is 46.3 Å². The molecule has 4 rings (SSSR count). The summed E-state index contributed by atoms with van der Waals surface area (Å²) >= 11 is 0. The average molecular weight is 455 g/mol. The Morgan fingerprint density at radius 1 is 1.03 bits per heavy atom. The monoisotopic (exact) mass is 454 g/mol. The number of nitrogens with zero attached hydrogens (tertiary/aromatic N) is 2. The van der Waals surface area contributed by atoms with E-state index >= 15 is 4.39 Å². The first-order valence-corrected chi connectivity index (χ1v) is 11.1. The minimum atomic E-state index is -1.60. The lowest BCUT2D eigenvalue weighted by Crippen LogP contribution is -2.41. The molecule has 1 aliphatic carbocycles. The highest BCUT2D eigenvalue weighted by molar-refractivity contribution is 5.65. The highest BCUT2D eigenvalue weighted by Gasteiger charge is 2.44. The second-order valence-electron chi connectivity index (χ2n) is 8.64. The smallest absolute Gasteiger partial charge is 0.214 e. The number of benzene rings is 2. The van der Waals surface area contributed by atoms with Crippen molar-refractivity contribution in [1.82, 2.24) is 9.88 Å². The van der Waals surface area contributed by atoms with Crippen LogP contribution in [0.3, 0.4) is 0 Å². The lowest BCUT2D eigenvalue weighted by atomic mass is 9.71. The van der Waals surface area contributed by atoms with Gasteiger partial charge in [0.1, 0.15) is 11.4 Å². The van der Waals surface area contributed by atoms with Crippen LogP contribution in [0.2, 0.25) is 0 Å². The molecule has 0 amide bonds. The molecular formula is C29H27FN2O2. The van der Waals surface area contributed by atoms with Gasteiger partial charge < -0.3 is 15.1 Å². The van der Waals surface area contributed by atoms with Gasteiger partial charge in [-0.3, -0.25) is 0 Å². The van der Waals surface area contributed by atoms with Crippen LogP contribution >= 0.6 is 0 Å². The van der Waals surface area contributed by atoms with E-state index in [1.165, 1.54) is 6.07 Å². The molecule has 34 heavy (non-hydrogen) atoms. The summed E-state index contributed by atoms with van der Waals surface area (Å²) in [7, 11) is 3.82. The first-order valence-electron chi connectivity index (χ1n) is 11.1. The molecule has 0 radical (unpaired) electrons. The maximum absolute atomic E-state index is 15.3. The molecular weight excluding hydrogens is 427 g/mol. The van der Waals surface area contributed by atoms with Gasteiger partial charge in [-0.2, -0.15) is 0 Å². The predicted octanol–water partition coefficient (Wildman–Crippen LogP) is 5.21. The van der Waals surface area contributed by atoms with Gasteiger partial charge in [0.15, 0.2) is 0 Å². The fraction of sp³-hybridized carbons (Fsp3) is 0.207. The number of allylic oxidation sites excluding steroid dienone is 2. The standard InChI is InChI=1S/C29H27FN2O2/c1-32(2)18-17-29(34,23-13-7-4-8-14-23)27(24-15-9-10-16-26(24)30)25-19-22(20-31-28(25)33)21-11-5-3-6-12-21/h3-7,9-13,15-16,19-20,27,34H,17-18H2,1-2H3,(H,31,33). The van der Waals surface area contributed by atoms with Crippen molar-refractivity contribution in [2.45, 2.75) is 17.9 Å². The number of aliphatic hydroxyl groups is 1. The van der Waals surface area contributed by atoms with Crippen LogP contribution in [0.15, 0.2) is 102 Å². The summed E-state index contributed by atoms with van der Waals surface area (Å²) in [6.45, 7) is 0.525. The van der Waals surface area contributed by atoms with Gasteiger partial charge in [-0.1, -0.05) is 66.1 Å². The summed E-state index contributed by atoms with van der Waals surface area (Å²) < 4.78 is 15.3. The molecule has 4 nitrogen and oxygen atoms in total. The predicted molar refractivity (Wildman–Crippen MR) is 132 cm³/mol. The summed E-state index contributed by atoms with van der Waals surface area (Å²) in [6.07, 6.45) is 7.06. The van der Waals surface area contributed by atoms with Crippen molar-refractivity contribution in [3.63, 3.8) is 0 Å². The lowest BCUT2D eigenvalue weighted by molar-refractivity contribution is 0.0466. The Balaban J connectivity index is 1.98. The summed E-state index contributed by atoms with van der Waals surface area (Å²) in [5.41, 5.74) is 7.06.